The Morgan fingerprint density at radius 2 is 2.27 bits per heavy atom. The molecule has 0 saturated heterocycles. The Balaban J connectivity index is 2.91. The van der Waals surface area contributed by atoms with E-state index in [1.165, 1.54) is 0 Å². The minimum absolute atomic E-state index is 0.251. The first-order valence-corrected chi connectivity index (χ1v) is 4.06. The Hall–Kier alpha value is -0.790. The van der Waals surface area contributed by atoms with Crippen LogP contribution in [0.4, 0.5) is 0 Å². The van der Waals surface area contributed by atoms with E-state index in [1.54, 1.807) is 0 Å². The number of aliphatic carboxylic acids is 1. The van der Waals surface area contributed by atoms with Gasteiger partial charge in [-0.1, -0.05) is 12.5 Å². The summed E-state index contributed by atoms with van der Waals surface area (Å²) in [6.07, 6.45) is 3.13. The van der Waals surface area contributed by atoms with Crippen LogP contribution in [0.25, 0.3) is 0 Å². The third kappa shape index (κ3) is 1.62. The third-order valence-corrected chi connectivity index (χ3v) is 2.37. The monoisotopic (exact) mass is 154 g/mol. The van der Waals surface area contributed by atoms with E-state index >= 15 is 0 Å². The van der Waals surface area contributed by atoms with Crippen LogP contribution in [-0.2, 0) is 4.79 Å². The van der Waals surface area contributed by atoms with Crippen LogP contribution in [0.5, 0.6) is 0 Å². The van der Waals surface area contributed by atoms with E-state index in [1.807, 2.05) is 13.8 Å². The van der Waals surface area contributed by atoms with Gasteiger partial charge in [0.05, 0.1) is 0 Å². The van der Waals surface area contributed by atoms with Crippen molar-refractivity contribution in [2.24, 2.45) is 5.92 Å². The normalized spacial score (nSPS) is 25.5. The molecule has 0 aromatic heterocycles. The van der Waals surface area contributed by atoms with E-state index in [4.69, 9.17) is 5.11 Å². The van der Waals surface area contributed by atoms with Gasteiger partial charge in [-0.25, -0.2) is 4.79 Å². The van der Waals surface area contributed by atoms with E-state index < -0.39 is 5.97 Å². The van der Waals surface area contributed by atoms with Gasteiger partial charge in [-0.3, -0.25) is 0 Å². The molecule has 0 bridgehead atoms. The molecule has 0 spiro atoms. The van der Waals surface area contributed by atoms with Crippen molar-refractivity contribution in [1.82, 2.24) is 0 Å². The molecule has 1 rings (SSSR count). The molecule has 0 heterocycles. The number of hydrogen-bond acceptors (Lipinski definition) is 1. The molecule has 0 radical (unpaired) electrons. The first kappa shape index (κ1) is 8.31. The molecule has 0 aromatic rings. The van der Waals surface area contributed by atoms with Crippen LogP contribution in [0.2, 0.25) is 0 Å². The minimum atomic E-state index is -0.727. The van der Waals surface area contributed by atoms with Gasteiger partial charge in [0.2, 0.25) is 0 Å². The average molecular weight is 154 g/mol. The summed E-state index contributed by atoms with van der Waals surface area (Å²) in [4.78, 5) is 10.7. The van der Waals surface area contributed by atoms with Gasteiger partial charge in [-0.2, -0.15) is 0 Å². The van der Waals surface area contributed by atoms with Crippen LogP contribution in [0.3, 0.4) is 0 Å². The molecule has 0 unspecified atom stereocenters. The lowest BCUT2D eigenvalue weighted by molar-refractivity contribution is -0.133. The van der Waals surface area contributed by atoms with Gasteiger partial charge in [0.25, 0.3) is 0 Å². The Kier molecular flexibility index (Phi) is 2.32. The summed E-state index contributed by atoms with van der Waals surface area (Å²) in [6, 6.07) is 0. The van der Waals surface area contributed by atoms with Crippen LogP contribution in [-0.4, -0.2) is 11.1 Å². The predicted molar refractivity (Wildman–Crippen MR) is 43.4 cm³/mol. The van der Waals surface area contributed by atoms with Crippen molar-refractivity contribution < 1.29 is 9.90 Å². The second-order valence-electron chi connectivity index (χ2n) is 3.29. The Bertz CT molecular complexity index is 204. The van der Waals surface area contributed by atoms with E-state index in [2.05, 4.69) is 0 Å². The molecule has 0 aliphatic heterocycles. The number of rotatable bonds is 1. The fourth-order valence-corrected chi connectivity index (χ4v) is 1.77. The highest BCUT2D eigenvalue weighted by Gasteiger charge is 2.21. The molecule has 1 N–H and O–H groups in total. The van der Waals surface area contributed by atoms with Crippen molar-refractivity contribution in [3.05, 3.63) is 11.1 Å². The van der Waals surface area contributed by atoms with E-state index in [9.17, 15) is 4.79 Å². The summed E-state index contributed by atoms with van der Waals surface area (Å²) in [5.41, 5.74) is 1.72. The van der Waals surface area contributed by atoms with Crippen LogP contribution < -0.4 is 0 Å². The zero-order valence-corrected chi connectivity index (χ0v) is 7.05. The first-order chi connectivity index (χ1) is 5.13. The molecule has 2 nitrogen and oxygen atoms in total. The standard InChI is InChI=1S/C9H14O2/c1-6-4-3-5-7(2)8(6)9(10)11/h6H,3-5H2,1-2H3,(H,10,11)/t6-/m0/s1. The number of carboxylic acids is 1. The Morgan fingerprint density at radius 3 is 2.64 bits per heavy atom. The fourth-order valence-electron chi connectivity index (χ4n) is 1.77. The Labute approximate surface area is 66.9 Å². The van der Waals surface area contributed by atoms with Crippen LogP contribution in [0.15, 0.2) is 11.1 Å². The quantitative estimate of drug-likeness (QED) is 0.628. The van der Waals surface area contributed by atoms with Gasteiger partial charge >= 0.3 is 5.97 Å². The molecule has 1 atom stereocenters. The number of allylic oxidation sites excluding steroid dienone is 1. The van der Waals surface area contributed by atoms with Crippen LogP contribution in [0.1, 0.15) is 33.1 Å². The predicted octanol–water partition coefficient (Wildman–Crippen LogP) is 2.21. The second kappa shape index (κ2) is 3.07. The number of hydrogen-bond donors (Lipinski definition) is 1. The average Bonchev–Trinajstić information content (AvgIpc) is 1.85. The number of carbonyl (C=O) groups is 1. The Morgan fingerprint density at radius 1 is 1.64 bits per heavy atom. The topological polar surface area (TPSA) is 37.3 Å². The largest absolute Gasteiger partial charge is 0.478 e. The number of carboxylic acid groups (broad SMARTS) is 1. The van der Waals surface area contributed by atoms with E-state index in [-0.39, 0.29) is 5.92 Å². The molecular weight excluding hydrogens is 140 g/mol. The molecule has 1 aliphatic rings. The van der Waals surface area contributed by atoms with Crippen molar-refractivity contribution >= 4 is 5.97 Å². The molecule has 0 saturated carbocycles. The lowest BCUT2D eigenvalue weighted by Crippen LogP contribution is -2.15. The summed E-state index contributed by atoms with van der Waals surface area (Å²) >= 11 is 0. The van der Waals surface area contributed by atoms with Crippen molar-refractivity contribution in [2.75, 3.05) is 0 Å². The molecular formula is C9H14O2. The highest BCUT2D eigenvalue weighted by Crippen LogP contribution is 2.29. The van der Waals surface area contributed by atoms with Gasteiger partial charge in [0.15, 0.2) is 0 Å². The van der Waals surface area contributed by atoms with E-state index in [0.29, 0.717) is 5.57 Å². The van der Waals surface area contributed by atoms with Gasteiger partial charge < -0.3 is 5.11 Å². The summed E-state index contributed by atoms with van der Waals surface area (Å²) in [5.74, 6) is -0.476. The van der Waals surface area contributed by atoms with Crippen molar-refractivity contribution in [3.8, 4) is 0 Å². The maximum Gasteiger partial charge on any atom is 0.331 e. The maximum atomic E-state index is 10.7. The van der Waals surface area contributed by atoms with E-state index in [0.717, 1.165) is 24.8 Å². The maximum absolute atomic E-state index is 10.7. The molecule has 11 heavy (non-hydrogen) atoms. The molecule has 2 heteroatoms. The minimum Gasteiger partial charge on any atom is -0.478 e. The van der Waals surface area contributed by atoms with Crippen molar-refractivity contribution in [3.63, 3.8) is 0 Å². The van der Waals surface area contributed by atoms with Gasteiger partial charge in [0, 0.05) is 5.57 Å². The first-order valence-electron chi connectivity index (χ1n) is 4.06. The van der Waals surface area contributed by atoms with Crippen LogP contribution in [0, 0.1) is 5.92 Å². The smallest absolute Gasteiger partial charge is 0.331 e. The zero-order valence-electron chi connectivity index (χ0n) is 7.05. The summed E-state index contributed by atoms with van der Waals surface area (Å²) in [7, 11) is 0. The summed E-state index contributed by atoms with van der Waals surface area (Å²) in [6.45, 7) is 3.92. The summed E-state index contributed by atoms with van der Waals surface area (Å²) in [5, 5.41) is 8.82. The van der Waals surface area contributed by atoms with Crippen molar-refractivity contribution in [1.29, 1.82) is 0 Å². The molecule has 62 valence electrons. The SMILES string of the molecule is CC1=C(C(=O)O)[C@@H](C)CCC1. The molecule has 0 amide bonds. The molecule has 0 fully saturated rings. The summed E-state index contributed by atoms with van der Waals surface area (Å²) < 4.78 is 0. The van der Waals surface area contributed by atoms with Gasteiger partial charge in [0.1, 0.15) is 0 Å². The molecule has 0 aromatic carbocycles. The second-order valence-corrected chi connectivity index (χ2v) is 3.29. The highest BCUT2D eigenvalue weighted by molar-refractivity contribution is 5.88. The lowest BCUT2D eigenvalue weighted by Gasteiger charge is -2.20. The third-order valence-electron chi connectivity index (χ3n) is 2.37. The zero-order chi connectivity index (χ0) is 8.43. The fraction of sp³-hybridized carbons (Fsp3) is 0.667. The van der Waals surface area contributed by atoms with Crippen molar-refractivity contribution in [2.45, 2.75) is 33.1 Å². The molecule has 1 aliphatic carbocycles. The van der Waals surface area contributed by atoms with Gasteiger partial charge in [-0.05, 0) is 32.1 Å². The lowest BCUT2D eigenvalue weighted by atomic mass is 9.84. The highest BCUT2D eigenvalue weighted by atomic mass is 16.4. The van der Waals surface area contributed by atoms with Crippen LogP contribution >= 0.6 is 0 Å². The van der Waals surface area contributed by atoms with Gasteiger partial charge in [-0.15, -0.1) is 0 Å².